The first-order valence-electron chi connectivity index (χ1n) is 12.8. The van der Waals surface area contributed by atoms with Crippen LogP contribution in [0.25, 0.3) is 22.1 Å². The number of hydrogen-bond acceptors (Lipinski definition) is 6. The van der Waals surface area contributed by atoms with Crippen molar-refractivity contribution in [3.63, 3.8) is 0 Å². The topological polar surface area (TPSA) is 109 Å². The van der Waals surface area contributed by atoms with Crippen LogP contribution in [0, 0.1) is 0 Å². The number of fused-ring (bicyclic) bond motifs is 2. The monoisotopic (exact) mass is 458 g/mol. The first kappa shape index (κ1) is 21.4. The van der Waals surface area contributed by atoms with Crippen LogP contribution in [0.4, 0.5) is 11.8 Å². The fraction of sp³-hybridized carbons (Fsp3) is 0.500. The van der Waals surface area contributed by atoms with Crippen molar-refractivity contribution in [1.29, 1.82) is 0 Å². The fourth-order valence-corrected chi connectivity index (χ4v) is 5.65. The number of aromatic nitrogens is 5. The zero-order chi connectivity index (χ0) is 22.9. The molecule has 2 fully saturated rings. The van der Waals surface area contributed by atoms with E-state index in [2.05, 4.69) is 50.6 Å². The Kier molecular flexibility index (Phi) is 5.83. The van der Waals surface area contributed by atoms with Crippen LogP contribution in [-0.2, 0) is 6.42 Å². The predicted octanol–water partition coefficient (Wildman–Crippen LogP) is 4.76. The second kappa shape index (κ2) is 9.25. The minimum atomic E-state index is 0.326. The van der Waals surface area contributed by atoms with Crippen molar-refractivity contribution in [2.45, 2.75) is 75.9 Å². The molecule has 4 aromatic rings. The number of rotatable bonds is 7. The molecule has 2 aliphatic rings. The van der Waals surface area contributed by atoms with Crippen molar-refractivity contribution in [2.75, 3.05) is 17.2 Å². The van der Waals surface area contributed by atoms with E-state index in [-0.39, 0.29) is 0 Å². The van der Waals surface area contributed by atoms with Crippen LogP contribution in [0.2, 0.25) is 0 Å². The molecule has 6 rings (SSSR count). The van der Waals surface area contributed by atoms with E-state index in [4.69, 9.17) is 20.7 Å². The number of anilines is 2. The largest absolute Gasteiger partial charge is 0.368 e. The highest BCUT2D eigenvalue weighted by molar-refractivity contribution is 5.85. The van der Waals surface area contributed by atoms with Gasteiger partial charge in [-0.2, -0.15) is 9.97 Å². The smallest absolute Gasteiger partial charge is 0.227 e. The molecule has 5 N–H and O–H groups in total. The highest BCUT2D eigenvalue weighted by atomic mass is 15.2. The number of nitrogens with zero attached hydrogens (tertiary/aromatic N) is 4. The Bertz CT molecular complexity index is 1260. The van der Waals surface area contributed by atoms with Crippen LogP contribution in [0.15, 0.2) is 36.8 Å². The summed E-state index contributed by atoms with van der Waals surface area (Å²) in [6.07, 6.45) is 14.2. The third-order valence-electron chi connectivity index (χ3n) is 7.61. The quantitative estimate of drug-likeness (QED) is 0.318. The maximum atomic E-state index is 6.11. The van der Waals surface area contributed by atoms with Crippen LogP contribution in [0.1, 0.15) is 63.0 Å². The molecule has 3 aromatic heterocycles. The maximum absolute atomic E-state index is 6.11. The van der Waals surface area contributed by atoms with Gasteiger partial charge in [0.2, 0.25) is 5.95 Å². The second-order valence-corrected chi connectivity index (χ2v) is 9.95. The molecule has 1 aromatic carbocycles. The molecular formula is C26H34N8. The summed E-state index contributed by atoms with van der Waals surface area (Å²) in [4.78, 5) is 18.0. The van der Waals surface area contributed by atoms with Crippen LogP contribution < -0.4 is 16.4 Å². The van der Waals surface area contributed by atoms with E-state index in [1.807, 2.05) is 6.33 Å². The van der Waals surface area contributed by atoms with Crippen molar-refractivity contribution in [3.05, 3.63) is 42.4 Å². The summed E-state index contributed by atoms with van der Waals surface area (Å²) in [6, 6.07) is 9.63. The van der Waals surface area contributed by atoms with Gasteiger partial charge >= 0.3 is 0 Å². The summed E-state index contributed by atoms with van der Waals surface area (Å²) in [5.74, 6) is 1.51. The van der Waals surface area contributed by atoms with E-state index in [1.54, 1.807) is 0 Å². The first-order valence-corrected chi connectivity index (χ1v) is 12.8. The van der Waals surface area contributed by atoms with Gasteiger partial charge in [-0.15, -0.1) is 0 Å². The molecule has 3 heterocycles. The highest BCUT2D eigenvalue weighted by Crippen LogP contribution is 2.33. The molecule has 0 spiro atoms. The SMILES string of the molecule is NC1CCC(Nc2nc(NCCc3c[nH]c4ccccc34)c3ncn(C4CCCC4)c3n2)CC1. The normalized spacial score (nSPS) is 21.4. The van der Waals surface area contributed by atoms with Crippen LogP contribution in [0.5, 0.6) is 0 Å². The number of H-pyrrole nitrogens is 1. The van der Waals surface area contributed by atoms with Gasteiger partial charge in [0, 0.05) is 41.8 Å². The number of benzene rings is 1. The molecule has 2 saturated carbocycles. The second-order valence-electron chi connectivity index (χ2n) is 9.95. The molecule has 0 unspecified atom stereocenters. The van der Waals surface area contributed by atoms with E-state index in [0.717, 1.165) is 55.6 Å². The summed E-state index contributed by atoms with van der Waals surface area (Å²) in [5.41, 5.74) is 10.4. The highest BCUT2D eigenvalue weighted by Gasteiger charge is 2.23. The van der Waals surface area contributed by atoms with Crippen LogP contribution in [0.3, 0.4) is 0 Å². The summed E-state index contributed by atoms with van der Waals surface area (Å²) in [6.45, 7) is 0.780. The van der Waals surface area contributed by atoms with E-state index in [1.165, 1.54) is 42.1 Å². The number of para-hydroxylation sites is 1. The van der Waals surface area contributed by atoms with Crippen LogP contribution >= 0.6 is 0 Å². The molecule has 2 aliphatic carbocycles. The molecule has 0 aliphatic heterocycles. The molecular weight excluding hydrogens is 424 g/mol. The van der Waals surface area contributed by atoms with Crippen molar-refractivity contribution < 1.29 is 0 Å². The van der Waals surface area contributed by atoms with Crippen LogP contribution in [-0.4, -0.2) is 43.1 Å². The molecule has 0 atom stereocenters. The molecule has 34 heavy (non-hydrogen) atoms. The van der Waals surface area contributed by atoms with E-state index in [0.29, 0.717) is 24.1 Å². The zero-order valence-electron chi connectivity index (χ0n) is 19.6. The maximum Gasteiger partial charge on any atom is 0.227 e. The van der Waals surface area contributed by atoms with Gasteiger partial charge in [-0.25, -0.2) is 4.98 Å². The number of nitrogens with two attached hydrogens (primary N) is 1. The van der Waals surface area contributed by atoms with Gasteiger partial charge in [0.05, 0.1) is 6.33 Å². The standard InChI is InChI=1S/C26H34N8/c27-18-9-11-19(12-10-18)31-26-32-24(23-25(33-26)34(16-30-23)20-5-1-2-6-20)28-14-13-17-15-29-22-8-4-3-7-21(17)22/h3-4,7-8,15-16,18-20,29H,1-2,5-6,9-14,27H2,(H2,28,31,32,33). The van der Waals surface area contributed by atoms with Gasteiger partial charge in [0.1, 0.15) is 0 Å². The van der Waals surface area contributed by atoms with Crippen molar-refractivity contribution in [3.8, 4) is 0 Å². The van der Waals surface area contributed by atoms with E-state index < -0.39 is 0 Å². The number of nitrogens with one attached hydrogen (secondary N) is 3. The number of hydrogen-bond donors (Lipinski definition) is 4. The lowest BCUT2D eigenvalue weighted by Gasteiger charge is -2.27. The zero-order valence-corrected chi connectivity index (χ0v) is 19.6. The summed E-state index contributed by atoms with van der Waals surface area (Å²) in [5, 5.41) is 8.46. The third-order valence-corrected chi connectivity index (χ3v) is 7.61. The molecule has 0 radical (unpaired) electrons. The lowest BCUT2D eigenvalue weighted by molar-refractivity contribution is 0.410. The van der Waals surface area contributed by atoms with Crippen molar-refractivity contribution in [1.82, 2.24) is 24.5 Å². The number of imidazole rings is 1. The van der Waals surface area contributed by atoms with E-state index >= 15 is 0 Å². The van der Waals surface area contributed by atoms with E-state index in [9.17, 15) is 0 Å². The molecule has 0 saturated heterocycles. The van der Waals surface area contributed by atoms with Crippen molar-refractivity contribution >= 4 is 33.8 Å². The average Bonchev–Trinajstić information content (AvgIpc) is 3.60. The lowest BCUT2D eigenvalue weighted by Crippen LogP contribution is -2.33. The minimum absolute atomic E-state index is 0.326. The molecule has 178 valence electrons. The summed E-state index contributed by atoms with van der Waals surface area (Å²) < 4.78 is 2.27. The Balaban J connectivity index is 1.26. The Morgan fingerprint density at radius 1 is 1.03 bits per heavy atom. The third kappa shape index (κ3) is 4.22. The fourth-order valence-electron chi connectivity index (χ4n) is 5.65. The van der Waals surface area contributed by atoms with Crippen molar-refractivity contribution in [2.24, 2.45) is 5.73 Å². The first-order chi connectivity index (χ1) is 16.7. The Morgan fingerprint density at radius 2 is 1.85 bits per heavy atom. The van der Waals surface area contributed by atoms with Gasteiger partial charge in [-0.1, -0.05) is 31.0 Å². The molecule has 8 nitrogen and oxygen atoms in total. The Morgan fingerprint density at radius 3 is 2.71 bits per heavy atom. The number of aromatic amines is 1. The molecule has 0 bridgehead atoms. The average molecular weight is 459 g/mol. The van der Waals surface area contributed by atoms with Gasteiger partial charge in [0.25, 0.3) is 0 Å². The Hall–Kier alpha value is -3.13. The minimum Gasteiger partial charge on any atom is -0.368 e. The molecule has 0 amide bonds. The summed E-state index contributed by atoms with van der Waals surface area (Å²) >= 11 is 0. The molecule has 8 heteroatoms. The summed E-state index contributed by atoms with van der Waals surface area (Å²) in [7, 11) is 0. The predicted molar refractivity (Wildman–Crippen MR) is 137 cm³/mol. The van der Waals surface area contributed by atoms with Gasteiger partial charge in [0.15, 0.2) is 17.0 Å². The van der Waals surface area contributed by atoms with Gasteiger partial charge in [-0.05, 0) is 56.6 Å². The van der Waals surface area contributed by atoms with Gasteiger partial charge < -0.3 is 25.9 Å². The van der Waals surface area contributed by atoms with Gasteiger partial charge in [-0.3, -0.25) is 0 Å². The lowest BCUT2D eigenvalue weighted by atomic mass is 9.92. The Labute approximate surface area is 199 Å².